The van der Waals surface area contributed by atoms with Crippen LogP contribution in [0, 0.1) is 0 Å². The molecule has 0 aliphatic heterocycles. The largest absolute Gasteiger partial charge is 0.383 e. The molecular weight excluding hydrogens is 200 g/mol. The number of rotatable bonds is 6. The second kappa shape index (κ2) is 6.30. The van der Waals surface area contributed by atoms with Crippen molar-refractivity contribution in [3.8, 4) is 0 Å². The number of nitrogens with one attached hydrogen (secondary N) is 1. The first-order chi connectivity index (χ1) is 7.66. The summed E-state index contributed by atoms with van der Waals surface area (Å²) in [5.41, 5.74) is 6.89. The van der Waals surface area contributed by atoms with Crippen molar-refractivity contribution in [2.45, 2.75) is 46.0 Å². The van der Waals surface area contributed by atoms with Crippen LogP contribution in [-0.4, -0.2) is 16.5 Å². The molecule has 0 fully saturated rings. The fourth-order valence-corrected chi connectivity index (χ4v) is 1.70. The minimum Gasteiger partial charge on any atom is -0.383 e. The summed E-state index contributed by atoms with van der Waals surface area (Å²) in [6, 6.07) is 0. The summed E-state index contributed by atoms with van der Waals surface area (Å²) in [5, 5.41) is 3.34. The van der Waals surface area contributed by atoms with Gasteiger partial charge in [-0.05, 0) is 12.3 Å². The number of hydrogen-bond acceptors (Lipinski definition) is 4. The third-order valence-electron chi connectivity index (χ3n) is 2.56. The van der Waals surface area contributed by atoms with Crippen LogP contribution in [0.5, 0.6) is 0 Å². The molecule has 4 nitrogen and oxygen atoms in total. The Labute approximate surface area is 97.7 Å². The Morgan fingerprint density at radius 1 is 1.31 bits per heavy atom. The van der Waals surface area contributed by atoms with Crippen molar-refractivity contribution in [1.29, 1.82) is 0 Å². The monoisotopic (exact) mass is 222 g/mol. The maximum absolute atomic E-state index is 5.86. The number of unbranched alkanes of at least 4 members (excludes halogenated alkanes) is 2. The van der Waals surface area contributed by atoms with Gasteiger partial charge in [-0.3, -0.25) is 0 Å². The van der Waals surface area contributed by atoms with Crippen molar-refractivity contribution < 1.29 is 0 Å². The van der Waals surface area contributed by atoms with E-state index in [2.05, 4.69) is 36.1 Å². The second-order valence-electron chi connectivity index (χ2n) is 4.31. The fraction of sp³-hybridized carbons (Fsp3) is 0.667. The van der Waals surface area contributed by atoms with Crippen LogP contribution in [0.15, 0.2) is 6.33 Å². The number of nitrogen functional groups attached to an aromatic ring is 1. The van der Waals surface area contributed by atoms with E-state index in [1.807, 2.05) is 0 Å². The predicted molar refractivity (Wildman–Crippen MR) is 68.5 cm³/mol. The fourth-order valence-electron chi connectivity index (χ4n) is 1.70. The van der Waals surface area contributed by atoms with Gasteiger partial charge >= 0.3 is 0 Å². The van der Waals surface area contributed by atoms with Gasteiger partial charge in [0.2, 0.25) is 0 Å². The Bertz CT molecular complexity index is 323. The Kier molecular flexibility index (Phi) is 5.02. The molecule has 1 aromatic heterocycles. The van der Waals surface area contributed by atoms with Crippen molar-refractivity contribution in [1.82, 2.24) is 9.97 Å². The van der Waals surface area contributed by atoms with Crippen LogP contribution in [0.1, 0.15) is 51.5 Å². The lowest BCUT2D eigenvalue weighted by molar-refractivity contribution is 0.739. The van der Waals surface area contributed by atoms with Gasteiger partial charge in [0.05, 0.1) is 0 Å². The summed E-state index contributed by atoms with van der Waals surface area (Å²) < 4.78 is 0. The summed E-state index contributed by atoms with van der Waals surface area (Å²) in [6.45, 7) is 7.35. The molecule has 1 aromatic rings. The normalized spacial score (nSPS) is 10.8. The molecule has 0 saturated carbocycles. The third kappa shape index (κ3) is 3.36. The summed E-state index contributed by atoms with van der Waals surface area (Å²) in [5.74, 6) is 1.82. The zero-order valence-corrected chi connectivity index (χ0v) is 10.5. The predicted octanol–water partition coefficient (Wildman–Crippen LogP) is 2.78. The summed E-state index contributed by atoms with van der Waals surface area (Å²) in [6.07, 6.45) is 5.15. The van der Waals surface area contributed by atoms with E-state index in [0.717, 1.165) is 24.3 Å². The first kappa shape index (κ1) is 12.7. The lowest BCUT2D eigenvalue weighted by atomic mass is 10.0. The van der Waals surface area contributed by atoms with Gasteiger partial charge in [0.25, 0.3) is 0 Å². The Balaban J connectivity index is 2.67. The van der Waals surface area contributed by atoms with Crippen molar-refractivity contribution in [3.05, 3.63) is 11.9 Å². The van der Waals surface area contributed by atoms with Crippen LogP contribution in [0.4, 0.5) is 11.6 Å². The van der Waals surface area contributed by atoms with Crippen LogP contribution in [-0.2, 0) is 0 Å². The lowest BCUT2D eigenvalue weighted by Crippen LogP contribution is -2.10. The smallest absolute Gasteiger partial charge is 0.134 e. The molecule has 0 amide bonds. The molecule has 1 rings (SSSR count). The molecule has 0 saturated heterocycles. The molecule has 90 valence electrons. The quantitative estimate of drug-likeness (QED) is 0.726. The minimum absolute atomic E-state index is 0.342. The van der Waals surface area contributed by atoms with E-state index in [9.17, 15) is 0 Å². The van der Waals surface area contributed by atoms with E-state index in [0.29, 0.717) is 11.7 Å². The topological polar surface area (TPSA) is 63.8 Å². The van der Waals surface area contributed by atoms with Crippen LogP contribution in [0.3, 0.4) is 0 Å². The van der Waals surface area contributed by atoms with Gasteiger partial charge in [0.1, 0.15) is 18.0 Å². The average molecular weight is 222 g/mol. The molecule has 0 aliphatic carbocycles. The third-order valence-corrected chi connectivity index (χ3v) is 2.56. The standard InChI is InChI=1S/C12H22N4/c1-4-5-6-7-14-12-10(9(2)3)11(13)15-8-16-12/h8-9H,4-7H2,1-3H3,(H3,13,14,15,16). The minimum atomic E-state index is 0.342. The van der Waals surface area contributed by atoms with Crippen LogP contribution in [0.2, 0.25) is 0 Å². The zero-order chi connectivity index (χ0) is 12.0. The number of anilines is 2. The van der Waals surface area contributed by atoms with E-state index in [1.165, 1.54) is 19.2 Å². The highest BCUT2D eigenvalue weighted by Gasteiger charge is 2.11. The molecule has 0 spiro atoms. The molecule has 1 heterocycles. The van der Waals surface area contributed by atoms with E-state index in [1.54, 1.807) is 0 Å². The van der Waals surface area contributed by atoms with E-state index in [-0.39, 0.29) is 0 Å². The Morgan fingerprint density at radius 2 is 2.06 bits per heavy atom. The van der Waals surface area contributed by atoms with Crippen LogP contribution in [0.25, 0.3) is 0 Å². The van der Waals surface area contributed by atoms with Gasteiger partial charge in [0, 0.05) is 12.1 Å². The SMILES string of the molecule is CCCCCNc1ncnc(N)c1C(C)C. The summed E-state index contributed by atoms with van der Waals surface area (Å²) >= 11 is 0. The molecule has 0 bridgehead atoms. The Hall–Kier alpha value is -1.32. The number of aromatic nitrogens is 2. The van der Waals surface area contributed by atoms with Crippen molar-refractivity contribution in [3.63, 3.8) is 0 Å². The first-order valence-corrected chi connectivity index (χ1v) is 6.01. The molecular formula is C12H22N4. The molecule has 0 unspecified atom stereocenters. The molecule has 3 N–H and O–H groups in total. The van der Waals surface area contributed by atoms with Gasteiger partial charge in [0.15, 0.2) is 0 Å². The highest BCUT2D eigenvalue weighted by Crippen LogP contribution is 2.25. The highest BCUT2D eigenvalue weighted by molar-refractivity contribution is 5.56. The maximum atomic E-state index is 5.86. The van der Waals surface area contributed by atoms with Crippen LogP contribution >= 0.6 is 0 Å². The van der Waals surface area contributed by atoms with Crippen molar-refractivity contribution >= 4 is 11.6 Å². The Morgan fingerprint density at radius 3 is 2.69 bits per heavy atom. The van der Waals surface area contributed by atoms with E-state index < -0.39 is 0 Å². The second-order valence-corrected chi connectivity index (χ2v) is 4.31. The number of hydrogen-bond donors (Lipinski definition) is 2. The van der Waals surface area contributed by atoms with Crippen molar-refractivity contribution in [2.24, 2.45) is 0 Å². The number of nitrogens with zero attached hydrogens (tertiary/aromatic N) is 2. The maximum Gasteiger partial charge on any atom is 0.134 e. The number of nitrogens with two attached hydrogens (primary N) is 1. The van der Waals surface area contributed by atoms with Crippen molar-refractivity contribution in [2.75, 3.05) is 17.6 Å². The van der Waals surface area contributed by atoms with Gasteiger partial charge < -0.3 is 11.1 Å². The highest BCUT2D eigenvalue weighted by atomic mass is 15.0. The molecule has 16 heavy (non-hydrogen) atoms. The lowest BCUT2D eigenvalue weighted by Gasteiger charge is -2.14. The first-order valence-electron chi connectivity index (χ1n) is 6.01. The van der Waals surface area contributed by atoms with Gasteiger partial charge in [-0.1, -0.05) is 33.6 Å². The molecule has 0 aliphatic rings. The zero-order valence-electron chi connectivity index (χ0n) is 10.5. The molecule has 0 atom stereocenters. The van der Waals surface area contributed by atoms with Crippen LogP contribution < -0.4 is 11.1 Å². The van der Waals surface area contributed by atoms with E-state index in [4.69, 9.17) is 5.73 Å². The van der Waals surface area contributed by atoms with Gasteiger partial charge in [-0.25, -0.2) is 9.97 Å². The summed E-state index contributed by atoms with van der Waals surface area (Å²) in [4.78, 5) is 8.29. The van der Waals surface area contributed by atoms with Gasteiger partial charge in [-0.2, -0.15) is 0 Å². The molecule has 0 radical (unpaired) electrons. The van der Waals surface area contributed by atoms with Gasteiger partial charge in [-0.15, -0.1) is 0 Å². The average Bonchev–Trinajstić information content (AvgIpc) is 2.24. The summed E-state index contributed by atoms with van der Waals surface area (Å²) in [7, 11) is 0. The molecule has 0 aromatic carbocycles. The van der Waals surface area contributed by atoms with E-state index >= 15 is 0 Å². The molecule has 4 heteroatoms.